The Kier molecular flexibility index (Phi) is 5.35. The number of amides is 1. The summed E-state index contributed by atoms with van der Waals surface area (Å²) in [5, 5.41) is 2.65. The summed E-state index contributed by atoms with van der Waals surface area (Å²) >= 11 is 0. The Hall–Kier alpha value is -2.26. The highest BCUT2D eigenvalue weighted by Crippen LogP contribution is 2.23. The Morgan fingerprint density at radius 1 is 1.42 bits per heavy atom. The molecule has 0 aliphatic carbocycles. The van der Waals surface area contributed by atoms with Crippen molar-refractivity contribution in [3.63, 3.8) is 0 Å². The molecule has 9 heteroatoms. The second-order valence-electron chi connectivity index (χ2n) is 5.44. The van der Waals surface area contributed by atoms with Gasteiger partial charge >= 0.3 is 0 Å². The van der Waals surface area contributed by atoms with E-state index in [-0.39, 0.29) is 12.1 Å². The first-order valence-corrected chi connectivity index (χ1v) is 8.97. The van der Waals surface area contributed by atoms with E-state index in [1.807, 2.05) is 0 Å². The van der Waals surface area contributed by atoms with Crippen molar-refractivity contribution in [3.05, 3.63) is 53.9 Å². The number of aromatic nitrogens is 2. The van der Waals surface area contributed by atoms with Gasteiger partial charge in [0.05, 0.1) is 12.8 Å². The molecule has 1 aromatic heterocycles. The van der Waals surface area contributed by atoms with E-state index in [1.165, 1.54) is 19.3 Å². The number of likely N-dealkylation sites (N-methyl/N-ethyl adjacent to an activating group) is 1. The third-order valence-electron chi connectivity index (χ3n) is 3.57. The molecule has 0 spiro atoms. The van der Waals surface area contributed by atoms with Crippen LogP contribution in [0, 0.1) is 5.82 Å². The van der Waals surface area contributed by atoms with Crippen LogP contribution in [0.3, 0.4) is 0 Å². The maximum absolute atomic E-state index is 14.2. The van der Waals surface area contributed by atoms with Crippen LogP contribution < -0.4 is 5.32 Å². The number of halogens is 1. The molecule has 24 heavy (non-hydrogen) atoms. The molecule has 0 aliphatic rings. The molecule has 0 radical (unpaired) electrons. The molecular weight excluding hydrogens is 335 g/mol. The fourth-order valence-electron chi connectivity index (χ4n) is 2.17. The lowest BCUT2D eigenvalue weighted by molar-refractivity contribution is -0.121. The topological polar surface area (TPSA) is 84.3 Å². The number of carbonyl (C=O) groups is 1. The predicted molar refractivity (Wildman–Crippen MR) is 87.1 cm³/mol. The van der Waals surface area contributed by atoms with Gasteiger partial charge in [0, 0.05) is 32.1 Å². The quantitative estimate of drug-likeness (QED) is 0.826. The van der Waals surface area contributed by atoms with E-state index in [1.54, 1.807) is 36.0 Å². The Bertz CT molecular complexity index is 835. The normalized spacial score (nSPS) is 13.0. The van der Waals surface area contributed by atoms with Crippen LogP contribution >= 0.6 is 0 Å². The molecule has 0 fully saturated rings. The van der Waals surface area contributed by atoms with E-state index >= 15 is 0 Å². The molecule has 2 rings (SSSR count). The summed E-state index contributed by atoms with van der Waals surface area (Å²) in [6.45, 7) is -0.367. The number of aryl methyl sites for hydroxylation is 1. The van der Waals surface area contributed by atoms with Gasteiger partial charge in [-0.15, -0.1) is 0 Å². The first-order valence-electron chi connectivity index (χ1n) is 7.12. The van der Waals surface area contributed by atoms with E-state index in [0.717, 1.165) is 10.6 Å². The highest BCUT2D eigenvalue weighted by atomic mass is 32.2. The van der Waals surface area contributed by atoms with Crippen LogP contribution in [0.2, 0.25) is 0 Å². The number of nitrogens with one attached hydrogen (secondary N) is 1. The number of hydrogen-bond donors (Lipinski definition) is 1. The zero-order valence-corrected chi connectivity index (χ0v) is 14.4. The van der Waals surface area contributed by atoms with Gasteiger partial charge in [0.15, 0.2) is 0 Å². The zero-order chi connectivity index (χ0) is 17.9. The third-order valence-corrected chi connectivity index (χ3v) is 4.83. The Labute approximate surface area is 140 Å². The predicted octanol–water partition coefficient (Wildman–Crippen LogP) is 0.656. The van der Waals surface area contributed by atoms with Crippen molar-refractivity contribution in [2.75, 3.05) is 19.8 Å². The summed E-state index contributed by atoms with van der Waals surface area (Å²) in [4.78, 5) is 16.4. The Morgan fingerprint density at radius 2 is 2.08 bits per heavy atom. The maximum Gasteiger partial charge on any atom is 0.236 e. The van der Waals surface area contributed by atoms with Crippen molar-refractivity contribution >= 4 is 15.9 Å². The number of sulfonamides is 1. The molecule has 0 saturated carbocycles. The average molecular weight is 354 g/mol. The minimum Gasteiger partial charge on any atom is -0.341 e. The van der Waals surface area contributed by atoms with Gasteiger partial charge < -0.3 is 9.88 Å². The summed E-state index contributed by atoms with van der Waals surface area (Å²) in [7, 11) is -0.464. The van der Waals surface area contributed by atoms with Crippen LogP contribution in [0.25, 0.3) is 0 Å². The molecule has 130 valence electrons. The van der Waals surface area contributed by atoms with E-state index in [9.17, 15) is 17.6 Å². The molecule has 1 heterocycles. The van der Waals surface area contributed by atoms with Crippen LogP contribution in [0.4, 0.5) is 4.39 Å². The number of rotatable bonds is 6. The highest BCUT2D eigenvalue weighted by molar-refractivity contribution is 7.88. The summed E-state index contributed by atoms with van der Waals surface area (Å²) < 4.78 is 39.6. The minimum absolute atomic E-state index is 0.252. The van der Waals surface area contributed by atoms with E-state index < -0.39 is 27.8 Å². The van der Waals surface area contributed by atoms with Gasteiger partial charge in [0.25, 0.3) is 0 Å². The van der Waals surface area contributed by atoms with Gasteiger partial charge in [-0.05, 0) is 6.07 Å². The van der Waals surface area contributed by atoms with Gasteiger partial charge in [-0.2, -0.15) is 4.31 Å². The molecular formula is C15H19FN4O3S. The SMILES string of the molecule is CN(CC(=O)NC(c1ccccc1F)c1nccn1C)S(C)(=O)=O. The average Bonchev–Trinajstić information content (AvgIpc) is 2.90. The molecule has 0 aliphatic heterocycles. The van der Waals surface area contributed by atoms with E-state index in [4.69, 9.17) is 0 Å². The van der Waals surface area contributed by atoms with E-state index in [2.05, 4.69) is 10.3 Å². The fraction of sp³-hybridized carbons (Fsp3) is 0.333. The second kappa shape index (κ2) is 7.10. The van der Waals surface area contributed by atoms with Crippen LogP contribution in [0.15, 0.2) is 36.7 Å². The maximum atomic E-state index is 14.2. The van der Waals surface area contributed by atoms with Crippen LogP contribution in [-0.2, 0) is 21.9 Å². The van der Waals surface area contributed by atoms with Crippen LogP contribution in [0.1, 0.15) is 17.4 Å². The lowest BCUT2D eigenvalue weighted by Crippen LogP contribution is -2.40. The molecule has 0 saturated heterocycles. The second-order valence-corrected chi connectivity index (χ2v) is 7.53. The number of imidazole rings is 1. The highest BCUT2D eigenvalue weighted by Gasteiger charge is 2.25. The van der Waals surface area contributed by atoms with Crippen LogP contribution in [0.5, 0.6) is 0 Å². The Morgan fingerprint density at radius 3 is 2.62 bits per heavy atom. The molecule has 0 bridgehead atoms. The van der Waals surface area contributed by atoms with Gasteiger partial charge in [-0.3, -0.25) is 4.79 Å². The summed E-state index contributed by atoms with van der Waals surface area (Å²) in [5.74, 6) is -0.600. The van der Waals surface area contributed by atoms with E-state index in [0.29, 0.717) is 5.82 Å². The largest absolute Gasteiger partial charge is 0.341 e. The molecule has 1 aromatic carbocycles. The number of hydrogen-bond acceptors (Lipinski definition) is 4. The molecule has 1 unspecified atom stereocenters. The minimum atomic E-state index is -3.49. The first-order chi connectivity index (χ1) is 11.2. The molecule has 1 atom stereocenters. The van der Waals surface area contributed by atoms with Crippen molar-refractivity contribution in [2.45, 2.75) is 6.04 Å². The summed E-state index contributed by atoms with van der Waals surface area (Å²) in [5.41, 5.74) is 0.252. The van der Waals surface area contributed by atoms with Gasteiger partial charge in [0.2, 0.25) is 15.9 Å². The van der Waals surface area contributed by atoms with Crippen molar-refractivity contribution in [2.24, 2.45) is 7.05 Å². The van der Waals surface area contributed by atoms with Crippen molar-refractivity contribution < 1.29 is 17.6 Å². The standard InChI is InChI=1S/C15H19FN4O3S/c1-19-9-8-17-15(19)14(11-6-4-5-7-12(11)16)18-13(21)10-20(2)24(3,22)23/h4-9,14H,10H2,1-3H3,(H,18,21). The number of nitrogens with zero attached hydrogens (tertiary/aromatic N) is 3. The summed E-state index contributed by atoms with van der Waals surface area (Å²) in [6.07, 6.45) is 4.23. The smallest absolute Gasteiger partial charge is 0.236 e. The number of carbonyl (C=O) groups excluding carboxylic acids is 1. The zero-order valence-electron chi connectivity index (χ0n) is 13.6. The van der Waals surface area contributed by atoms with Crippen molar-refractivity contribution in [1.82, 2.24) is 19.2 Å². The molecule has 1 amide bonds. The van der Waals surface area contributed by atoms with Crippen molar-refractivity contribution in [3.8, 4) is 0 Å². The lowest BCUT2D eigenvalue weighted by atomic mass is 10.1. The lowest BCUT2D eigenvalue weighted by Gasteiger charge is -2.21. The fourth-order valence-corrected chi connectivity index (χ4v) is 2.52. The monoisotopic (exact) mass is 354 g/mol. The van der Waals surface area contributed by atoms with Crippen molar-refractivity contribution in [1.29, 1.82) is 0 Å². The van der Waals surface area contributed by atoms with Gasteiger partial charge in [-0.25, -0.2) is 17.8 Å². The first kappa shape index (κ1) is 18.1. The summed E-state index contributed by atoms with van der Waals surface area (Å²) in [6, 6.07) is 5.22. The molecule has 2 aromatic rings. The number of benzene rings is 1. The molecule has 1 N–H and O–H groups in total. The molecule has 7 nitrogen and oxygen atoms in total. The third kappa shape index (κ3) is 4.18. The van der Waals surface area contributed by atoms with Gasteiger partial charge in [0.1, 0.15) is 17.7 Å². The Balaban J connectivity index is 2.30. The van der Waals surface area contributed by atoms with Crippen LogP contribution in [-0.4, -0.2) is 48.0 Å². The van der Waals surface area contributed by atoms with Gasteiger partial charge in [-0.1, -0.05) is 18.2 Å².